The number of hydrogen-bond acceptors (Lipinski definition) is 3. The molecule has 1 saturated heterocycles. The standard InChI is InChI=1S/C16H19N3OS/c1-18-10-8-15(17-18)13-4-2-9-19(12-13)16(20)7-6-14-5-3-11-21-14/h3,5-8,10-11,13H,2,4,9,12H2,1H3. The Morgan fingerprint density at radius 3 is 3.10 bits per heavy atom. The zero-order chi connectivity index (χ0) is 14.7. The van der Waals surface area contributed by atoms with Gasteiger partial charge >= 0.3 is 0 Å². The topological polar surface area (TPSA) is 38.1 Å². The van der Waals surface area contributed by atoms with Gasteiger partial charge < -0.3 is 4.90 Å². The van der Waals surface area contributed by atoms with Gasteiger partial charge in [-0.2, -0.15) is 5.10 Å². The highest BCUT2D eigenvalue weighted by Crippen LogP contribution is 2.25. The van der Waals surface area contributed by atoms with Gasteiger partial charge in [0, 0.05) is 43.2 Å². The van der Waals surface area contributed by atoms with Crippen molar-refractivity contribution in [3.63, 3.8) is 0 Å². The molecule has 5 heteroatoms. The molecule has 1 amide bonds. The summed E-state index contributed by atoms with van der Waals surface area (Å²) in [6, 6.07) is 6.06. The Labute approximate surface area is 128 Å². The van der Waals surface area contributed by atoms with E-state index in [9.17, 15) is 4.79 Å². The molecular formula is C16H19N3OS. The molecule has 0 bridgehead atoms. The molecule has 0 aromatic carbocycles. The third-order valence-corrected chi connectivity index (χ3v) is 4.66. The maximum Gasteiger partial charge on any atom is 0.246 e. The number of thiophene rings is 1. The summed E-state index contributed by atoms with van der Waals surface area (Å²) in [7, 11) is 1.93. The highest BCUT2D eigenvalue weighted by Gasteiger charge is 2.24. The molecule has 1 atom stereocenters. The van der Waals surface area contributed by atoms with E-state index in [2.05, 4.69) is 11.2 Å². The van der Waals surface area contributed by atoms with Crippen LogP contribution in [0.15, 0.2) is 35.9 Å². The Morgan fingerprint density at radius 1 is 1.48 bits per heavy atom. The number of aromatic nitrogens is 2. The van der Waals surface area contributed by atoms with E-state index in [1.54, 1.807) is 17.4 Å². The summed E-state index contributed by atoms with van der Waals surface area (Å²) in [6.07, 6.45) is 7.70. The first-order valence-corrected chi connectivity index (χ1v) is 8.10. The summed E-state index contributed by atoms with van der Waals surface area (Å²) in [5.74, 6) is 0.461. The van der Waals surface area contributed by atoms with Gasteiger partial charge in [-0.25, -0.2) is 0 Å². The first kappa shape index (κ1) is 14.1. The predicted octanol–water partition coefficient (Wildman–Crippen LogP) is 2.90. The van der Waals surface area contributed by atoms with Crippen molar-refractivity contribution in [3.05, 3.63) is 46.4 Å². The maximum absolute atomic E-state index is 12.3. The van der Waals surface area contributed by atoms with Crippen molar-refractivity contribution >= 4 is 23.3 Å². The SMILES string of the molecule is Cn1ccc(C2CCCN(C(=O)C=Cc3cccs3)C2)n1. The second-order valence-electron chi connectivity index (χ2n) is 5.39. The van der Waals surface area contributed by atoms with E-state index in [0.717, 1.165) is 36.5 Å². The van der Waals surface area contributed by atoms with Crippen molar-refractivity contribution in [3.8, 4) is 0 Å². The number of nitrogens with zero attached hydrogens (tertiary/aromatic N) is 3. The Morgan fingerprint density at radius 2 is 2.38 bits per heavy atom. The fourth-order valence-corrected chi connectivity index (χ4v) is 3.33. The zero-order valence-corrected chi connectivity index (χ0v) is 12.9. The smallest absolute Gasteiger partial charge is 0.246 e. The van der Waals surface area contributed by atoms with Gasteiger partial charge in [0.25, 0.3) is 0 Å². The van der Waals surface area contributed by atoms with Crippen LogP contribution in [0.5, 0.6) is 0 Å². The van der Waals surface area contributed by atoms with Crippen molar-refractivity contribution < 1.29 is 4.79 Å². The van der Waals surface area contributed by atoms with Crippen molar-refractivity contribution in [1.29, 1.82) is 0 Å². The second-order valence-corrected chi connectivity index (χ2v) is 6.37. The number of piperidine rings is 1. The van der Waals surface area contributed by atoms with E-state index < -0.39 is 0 Å². The lowest BCUT2D eigenvalue weighted by Gasteiger charge is -2.31. The molecule has 0 N–H and O–H groups in total. The zero-order valence-electron chi connectivity index (χ0n) is 12.1. The first-order chi connectivity index (χ1) is 10.2. The van der Waals surface area contributed by atoms with Crippen LogP contribution in [0.25, 0.3) is 6.08 Å². The molecule has 0 aliphatic carbocycles. The van der Waals surface area contributed by atoms with Gasteiger partial charge in [-0.3, -0.25) is 9.48 Å². The third-order valence-electron chi connectivity index (χ3n) is 3.82. The molecule has 3 rings (SSSR count). The van der Waals surface area contributed by atoms with Crippen molar-refractivity contribution in [2.24, 2.45) is 7.05 Å². The highest BCUT2D eigenvalue weighted by atomic mass is 32.1. The van der Waals surface area contributed by atoms with Gasteiger partial charge in [-0.15, -0.1) is 11.3 Å². The first-order valence-electron chi connectivity index (χ1n) is 7.22. The molecular weight excluding hydrogens is 282 g/mol. The van der Waals surface area contributed by atoms with Crippen LogP contribution in [-0.4, -0.2) is 33.7 Å². The number of likely N-dealkylation sites (tertiary alicyclic amines) is 1. The number of amides is 1. The van der Waals surface area contributed by atoms with Crippen LogP contribution in [0.3, 0.4) is 0 Å². The Bertz CT molecular complexity index is 630. The average molecular weight is 301 g/mol. The van der Waals surface area contributed by atoms with E-state index in [0.29, 0.717) is 5.92 Å². The van der Waals surface area contributed by atoms with E-state index in [-0.39, 0.29) is 5.91 Å². The molecule has 0 radical (unpaired) electrons. The molecule has 1 unspecified atom stereocenters. The molecule has 3 heterocycles. The fourth-order valence-electron chi connectivity index (χ4n) is 2.71. The number of rotatable bonds is 3. The van der Waals surface area contributed by atoms with Crippen molar-refractivity contribution in [2.75, 3.05) is 13.1 Å². The Kier molecular flexibility index (Phi) is 4.20. The summed E-state index contributed by atoms with van der Waals surface area (Å²) in [5, 5.41) is 6.49. The average Bonchev–Trinajstić information content (AvgIpc) is 3.16. The van der Waals surface area contributed by atoms with Gasteiger partial charge in [0.15, 0.2) is 0 Å². The van der Waals surface area contributed by atoms with E-state index in [4.69, 9.17) is 0 Å². The summed E-state index contributed by atoms with van der Waals surface area (Å²) in [6.45, 7) is 1.61. The molecule has 0 saturated carbocycles. The van der Waals surface area contributed by atoms with Crippen LogP contribution < -0.4 is 0 Å². The molecule has 1 aliphatic heterocycles. The van der Waals surface area contributed by atoms with E-state index in [1.807, 2.05) is 46.4 Å². The number of carbonyl (C=O) groups is 1. The summed E-state index contributed by atoms with van der Waals surface area (Å²) < 4.78 is 1.83. The van der Waals surface area contributed by atoms with Crippen molar-refractivity contribution in [2.45, 2.75) is 18.8 Å². The minimum atomic E-state index is 0.101. The molecule has 21 heavy (non-hydrogen) atoms. The molecule has 4 nitrogen and oxygen atoms in total. The summed E-state index contributed by atoms with van der Waals surface area (Å²) >= 11 is 1.64. The maximum atomic E-state index is 12.3. The molecule has 1 aliphatic rings. The van der Waals surface area contributed by atoms with Gasteiger partial charge in [-0.05, 0) is 36.4 Å². The molecule has 2 aromatic rings. The third kappa shape index (κ3) is 3.42. The largest absolute Gasteiger partial charge is 0.338 e. The van der Waals surface area contributed by atoms with Crippen LogP contribution in [0.1, 0.15) is 29.3 Å². The Hall–Kier alpha value is -1.88. The molecule has 1 fully saturated rings. The lowest BCUT2D eigenvalue weighted by molar-refractivity contribution is -0.127. The lowest BCUT2D eigenvalue weighted by Crippen LogP contribution is -2.38. The van der Waals surface area contributed by atoms with Crippen LogP contribution in [0.4, 0.5) is 0 Å². The van der Waals surface area contributed by atoms with Gasteiger partial charge in [0.05, 0.1) is 5.69 Å². The molecule has 110 valence electrons. The van der Waals surface area contributed by atoms with Crippen LogP contribution in [-0.2, 0) is 11.8 Å². The molecule has 0 spiro atoms. The van der Waals surface area contributed by atoms with Crippen molar-refractivity contribution in [1.82, 2.24) is 14.7 Å². The fraction of sp³-hybridized carbons (Fsp3) is 0.375. The van der Waals surface area contributed by atoms with Crippen LogP contribution >= 0.6 is 11.3 Å². The normalized spacial score (nSPS) is 19.3. The summed E-state index contributed by atoms with van der Waals surface area (Å²) in [5.41, 5.74) is 1.09. The van der Waals surface area contributed by atoms with E-state index >= 15 is 0 Å². The molecule has 2 aromatic heterocycles. The minimum absolute atomic E-state index is 0.101. The van der Waals surface area contributed by atoms with Crippen LogP contribution in [0, 0.1) is 0 Å². The quantitative estimate of drug-likeness (QED) is 0.818. The summed E-state index contributed by atoms with van der Waals surface area (Å²) in [4.78, 5) is 15.3. The lowest BCUT2D eigenvalue weighted by atomic mass is 9.95. The second kappa shape index (κ2) is 6.26. The monoisotopic (exact) mass is 301 g/mol. The van der Waals surface area contributed by atoms with E-state index in [1.165, 1.54) is 0 Å². The number of carbonyl (C=O) groups excluding carboxylic acids is 1. The number of aryl methyl sites for hydroxylation is 1. The van der Waals surface area contributed by atoms with Crippen LogP contribution in [0.2, 0.25) is 0 Å². The predicted molar refractivity (Wildman–Crippen MR) is 85.1 cm³/mol. The van der Waals surface area contributed by atoms with Gasteiger partial charge in [0.1, 0.15) is 0 Å². The number of hydrogen-bond donors (Lipinski definition) is 0. The highest BCUT2D eigenvalue weighted by molar-refractivity contribution is 7.10. The van der Waals surface area contributed by atoms with Gasteiger partial charge in [0.2, 0.25) is 5.91 Å². The van der Waals surface area contributed by atoms with Gasteiger partial charge in [-0.1, -0.05) is 6.07 Å². The minimum Gasteiger partial charge on any atom is -0.338 e. The Balaban J connectivity index is 1.64.